The Hall–Kier alpha value is -0.910. The molecule has 1 saturated carbocycles. The van der Waals surface area contributed by atoms with Crippen LogP contribution in [0.5, 0.6) is 0 Å². The number of sulfonamides is 1. The zero-order chi connectivity index (χ0) is 13.9. The zero-order valence-electron chi connectivity index (χ0n) is 11.6. The summed E-state index contributed by atoms with van der Waals surface area (Å²) in [6.07, 6.45) is 3.08. The number of hydrogen-bond acceptors (Lipinski definition) is 3. The first-order chi connectivity index (χ1) is 9.07. The summed E-state index contributed by atoms with van der Waals surface area (Å²) in [5, 5.41) is 3.19. The van der Waals surface area contributed by atoms with Crippen LogP contribution in [0, 0.1) is 0 Å². The Morgan fingerprint density at radius 1 is 1.32 bits per heavy atom. The average Bonchev–Trinajstić information content (AvgIpc) is 2.34. The fraction of sp³-hybridized carbons (Fsp3) is 0.571. The minimum atomic E-state index is -3.37. The van der Waals surface area contributed by atoms with Crippen molar-refractivity contribution >= 4 is 10.0 Å². The molecule has 0 atom stereocenters. The Morgan fingerprint density at radius 3 is 2.58 bits per heavy atom. The second kappa shape index (κ2) is 6.03. The van der Waals surface area contributed by atoms with Gasteiger partial charge in [-0.3, -0.25) is 0 Å². The molecule has 1 fully saturated rings. The fourth-order valence-corrected chi connectivity index (χ4v) is 3.90. The van der Waals surface area contributed by atoms with Crippen LogP contribution < -0.4 is 5.32 Å². The van der Waals surface area contributed by atoms with E-state index in [0.717, 1.165) is 31.4 Å². The van der Waals surface area contributed by atoms with Crippen LogP contribution >= 0.6 is 0 Å². The molecule has 0 aliphatic heterocycles. The van der Waals surface area contributed by atoms with Crippen molar-refractivity contribution in [1.29, 1.82) is 0 Å². The predicted molar refractivity (Wildman–Crippen MR) is 76.4 cm³/mol. The molecule has 19 heavy (non-hydrogen) atoms. The van der Waals surface area contributed by atoms with E-state index in [2.05, 4.69) is 5.32 Å². The monoisotopic (exact) mass is 282 g/mol. The topological polar surface area (TPSA) is 49.4 Å². The quantitative estimate of drug-likeness (QED) is 0.868. The third-order valence-corrected chi connectivity index (χ3v) is 5.79. The van der Waals surface area contributed by atoms with Gasteiger partial charge in [-0.15, -0.1) is 0 Å². The standard InChI is InChI=1S/C14H22N2O2S/c1-3-15-11-12-7-4-5-10-14(12)19(17,18)16(2)13-8-6-9-13/h4-5,7,10,13,15H,3,6,8-9,11H2,1-2H3. The van der Waals surface area contributed by atoms with E-state index in [0.29, 0.717) is 11.4 Å². The molecule has 0 heterocycles. The summed E-state index contributed by atoms with van der Waals surface area (Å²) >= 11 is 0. The molecule has 0 aromatic heterocycles. The molecule has 1 N–H and O–H groups in total. The molecule has 1 aromatic rings. The molecule has 1 aliphatic rings. The molecule has 0 bridgehead atoms. The Morgan fingerprint density at radius 2 is 2.00 bits per heavy atom. The summed E-state index contributed by atoms with van der Waals surface area (Å²) in [5.41, 5.74) is 0.843. The summed E-state index contributed by atoms with van der Waals surface area (Å²) < 4.78 is 26.8. The zero-order valence-corrected chi connectivity index (χ0v) is 12.4. The fourth-order valence-electron chi connectivity index (χ4n) is 2.26. The van der Waals surface area contributed by atoms with Crippen LogP contribution in [0.2, 0.25) is 0 Å². The Labute approximate surface area is 115 Å². The summed E-state index contributed by atoms with van der Waals surface area (Å²) in [6, 6.07) is 7.44. The third-order valence-electron chi connectivity index (χ3n) is 3.78. The summed E-state index contributed by atoms with van der Waals surface area (Å²) in [4.78, 5) is 0.436. The molecule has 2 rings (SSSR count). The highest BCUT2D eigenvalue weighted by atomic mass is 32.2. The van der Waals surface area contributed by atoms with E-state index in [1.807, 2.05) is 19.1 Å². The van der Waals surface area contributed by atoms with Crippen LogP contribution in [0.3, 0.4) is 0 Å². The van der Waals surface area contributed by atoms with E-state index in [-0.39, 0.29) is 6.04 Å². The van der Waals surface area contributed by atoms with Crippen molar-refractivity contribution in [3.63, 3.8) is 0 Å². The highest BCUT2D eigenvalue weighted by Gasteiger charge is 2.32. The highest BCUT2D eigenvalue weighted by Crippen LogP contribution is 2.29. The third kappa shape index (κ3) is 2.99. The molecule has 0 radical (unpaired) electrons. The SMILES string of the molecule is CCNCc1ccccc1S(=O)(=O)N(C)C1CCC1. The van der Waals surface area contributed by atoms with Crippen LogP contribution in [0.15, 0.2) is 29.2 Å². The predicted octanol–water partition coefficient (Wildman–Crippen LogP) is 1.97. The van der Waals surface area contributed by atoms with E-state index in [4.69, 9.17) is 0 Å². The molecule has 4 nitrogen and oxygen atoms in total. The average molecular weight is 282 g/mol. The van der Waals surface area contributed by atoms with Gasteiger partial charge in [-0.1, -0.05) is 31.5 Å². The number of nitrogens with zero attached hydrogens (tertiary/aromatic N) is 1. The molecule has 0 saturated heterocycles. The molecule has 0 amide bonds. The first kappa shape index (κ1) is 14.5. The van der Waals surface area contributed by atoms with Crippen LogP contribution in [0.4, 0.5) is 0 Å². The van der Waals surface area contributed by atoms with Gasteiger partial charge in [-0.05, 0) is 31.0 Å². The Balaban J connectivity index is 2.28. The van der Waals surface area contributed by atoms with E-state index in [1.54, 1.807) is 23.5 Å². The van der Waals surface area contributed by atoms with Gasteiger partial charge in [-0.25, -0.2) is 8.42 Å². The molecular weight excluding hydrogens is 260 g/mol. The maximum atomic E-state index is 12.6. The van der Waals surface area contributed by atoms with Crippen molar-refractivity contribution in [3.8, 4) is 0 Å². The highest BCUT2D eigenvalue weighted by molar-refractivity contribution is 7.89. The van der Waals surface area contributed by atoms with E-state index < -0.39 is 10.0 Å². The number of nitrogens with one attached hydrogen (secondary N) is 1. The maximum Gasteiger partial charge on any atom is 0.243 e. The largest absolute Gasteiger partial charge is 0.313 e. The van der Waals surface area contributed by atoms with Gasteiger partial charge in [-0.2, -0.15) is 4.31 Å². The Kier molecular flexibility index (Phi) is 4.60. The molecule has 1 aromatic carbocycles. The smallest absolute Gasteiger partial charge is 0.243 e. The number of rotatable bonds is 6. The second-order valence-corrected chi connectivity index (χ2v) is 6.96. The van der Waals surface area contributed by atoms with Crippen molar-refractivity contribution in [2.45, 2.75) is 43.7 Å². The Bertz CT molecular complexity index is 524. The van der Waals surface area contributed by atoms with Gasteiger partial charge in [0.25, 0.3) is 0 Å². The summed E-state index contributed by atoms with van der Waals surface area (Å²) in [5.74, 6) is 0. The molecule has 0 unspecified atom stereocenters. The van der Waals surface area contributed by atoms with Gasteiger partial charge in [0.2, 0.25) is 10.0 Å². The minimum absolute atomic E-state index is 0.178. The van der Waals surface area contributed by atoms with Crippen LogP contribution in [-0.2, 0) is 16.6 Å². The van der Waals surface area contributed by atoms with Gasteiger partial charge in [0.05, 0.1) is 4.90 Å². The lowest BCUT2D eigenvalue weighted by Gasteiger charge is -2.34. The summed E-state index contributed by atoms with van der Waals surface area (Å²) in [7, 11) is -1.67. The van der Waals surface area contributed by atoms with Crippen LogP contribution in [0.25, 0.3) is 0 Å². The minimum Gasteiger partial charge on any atom is -0.313 e. The molecule has 106 valence electrons. The first-order valence-corrected chi connectivity index (χ1v) is 8.28. The van der Waals surface area contributed by atoms with Crippen molar-refractivity contribution in [1.82, 2.24) is 9.62 Å². The van der Waals surface area contributed by atoms with Crippen molar-refractivity contribution in [3.05, 3.63) is 29.8 Å². The first-order valence-electron chi connectivity index (χ1n) is 6.84. The van der Waals surface area contributed by atoms with Gasteiger partial charge in [0, 0.05) is 19.6 Å². The molecule has 0 spiro atoms. The van der Waals surface area contributed by atoms with E-state index in [9.17, 15) is 8.42 Å². The second-order valence-electron chi connectivity index (χ2n) is 4.99. The summed E-state index contributed by atoms with van der Waals surface area (Å²) in [6.45, 7) is 3.43. The van der Waals surface area contributed by atoms with Gasteiger partial charge < -0.3 is 5.32 Å². The normalized spacial score (nSPS) is 16.6. The lowest BCUT2D eigenvalue weighted by molar-refractivity contribution is 0.249. The van der Waals surface area contributed by atoms with Crippen LogP contribution in [-0.4, -0.2) is 32.4 Å². The molecule has 5 heteroatoms. The number of hydrogen-bond donors (Lipinski definition) is 1. The maximum absolute atomic E-state index is 12.6. The van der Waals surface area contributed by atoms with Gasteiger partial charge in [0.1, 0.15) is 0 Å². The van der Waals surface area contributed by atoms with Crippen molar-refractivity contribution < 1.29 is 8.42 Å². The van der Waals surface area contributed by atoms with Gasteiger partial charge >= 0.3 is 0 Å². The van der Waals surface area contributed by atoms with Crippen molar-refractivity contribution in [2.75, 3.05) is 13.6 Å². The van der Waals surface area contributed by atoms with E-state index in [1.165, 1.54) is 0 Å². The lowest BCUT2D eigenvalue weighted by atomic mass is 9.94. The van der Waals surface area contributed by atoms with Gasteiger partial charge in [0.15, 0.2) is 0 Å². The molecule has 1 aliphatic carbocycles. The van der Waals surface area contributed by atoms with Crippen molar-refractivity contribution in [2.24, 2.45) is 0 Å². The molecular formula is C14H22N2O2S. The number of benzene rings is 1. The lowest BCUT2D eigenvalue weighted by Crippen LogP contribution is -2.41. The van der Waals surface area contributed by atoms with E-state index >= 15 is 0 Å². The van der Waals surface area contributed by atoms with Crippen LogP contribution in [0.1, 0.15) is 31.7 Å².